The van der Waals surface area contributed by atoms with Crippen molar-refractivity contribution in [1.82, 2.24) is 4.72 Å². The fourth-order valence-corrected chi connectivity index (χ4v) is 3.43. The number of halogens is 1. The third-order valence-corrected chi connectivity index (χ3v) is 4.77. The van der Waals surface area contributed by atoms with Gasteiger partial charge >= 0.3 is 0 Å². The molecule has 0 amide bonds. The molecule has 0 bridgehead atoms. The Balaban J connectivity index is 2.47. The highest BCUT2D eigenvalue weighted by molar-refractivity contribution is 9.09. The zero-order chi connectivity index (χ0) is 9.19. The molecule has 1 aliphatic rings. The van der Waals surface area contributed by atoms with Crippen LogP contribution in [0.25, 0.3) is 0 Å². The van der Waals surface area contributed by atoms with E-state index in [0.29, 0.717) is 5.33 Å². The lowest BCUT2D eigenvalue weighted by atomic mass is 10.3. The topological polar surface area (TPSA) is 46.2 Å². The number of rotatable bonds is 5. The Kier molecular flexibility index (Phi) is 3.55. The fraction of sp³-hybridized carbons (Fsp3) is 1.00. The molecule has 1 N–H and O–H groups in total. The van der Waals surface area contributed by atoms with Crippen molar-refractivity contribution in [2.24, 2.45) is 0 Å². The summed E-state index contributed by atoms with van der Waals surface area (Å²) < 4.78 is 25.5. The van der Waals surface area contributed by atoms with E-state index in [4.69, 9.17) is 0 Å². The summed E-state index contributed by atoms with van der Waals surface area (Å²) in [5.74, 6) is 0. The first-order valence-corrected chi connectivity index (χ1v) is 6.84. The Hall–Kier alpha value is 0.390. The molecule has 0 aliphatic heterocycles. The molecule has 1 fully saturated rings. The monoisotopic (exact) mass is 255 g/mol. The van der Waals surface area contributed by atoms with E-state index < -0.39 is 10.0 Å². The van der Waals surface area contributed by atoms with Crippen LogP contribution in [0.15, 0.2) is 0 Å². The normalized spacial score (nSPS) is 20.8. The van der Waals surface area contributed by atoms with Crippen LogP contribution >= 0.6 is 15.9 Å². The van der Waals surface area contributed by atoms with E-state index in [-0.39, 0.29) is 11.3 Å². The van der Waals surface area contributed by atoms with Gasteiger partial charge in [0.25, 0.3) is 0 Å². The third-order valence-electron chi connectivity index (χ3n) is 1.97. The highest BCUT2D eigenvalue weighted by atomic mass is 79.9. The molecular formula is C7H14BrNO2S. The first kappa shape index (κ1) is 10.5. The predicted octanol–water partition coefficient (Wildman–Crippen LogP) is 1.24. The van der Waals surface area contributed by atoms with Crippen molar-refractivity contribution in [2.45, 2.75) is 37.5 Å². The Bertz CT molecular complexity index is 232. The second-order valence-electron chi connectivity index (χ2n) is 3.12. The molecule has 1 atom stereocenters. The molecule has 0 aromatic rings. The van der Waals surface area contributed by atoms with E-state index >= 15 is 0 Å². The smallest absolute Gasteiger partial charge is 0.212 e. The molecule has 1 aliphatic carbocycles. The minimum atomic E-state index is -2.99. The van der Waals surface area contributed by atoms with Crippen LogP contribution in [0.4, 0.5) is 0 Å². The Morgan fingerprint density at radius 2 is 2.17 bits per heavy atom. The zero-order valence-corrected chi connectivity index (χ0v) is 9.49. The fourth-order valence-electron chi connectivity index (χ4n) is 0.931. The van der Waals surface area contributed by atoms with Gasteiger partial charge in [-0.3, -0.25) is 0 Å². The molecule has 0 spiro atoms. The van der Waals surface area contributed by atoms with E-state index in [9.17, 15) is 8.42 Å². The molecule has 1 rings (SSSR count). The van der Waals surface area contributed by atoms with Crippen molar-refractivity contribution in [1.29, 1.82) is 0 Å². The van der Waals surface area contributed by atoms with Crippen LogP contribution in [-0.2, 0) is 10.0 Å². The maximum atomic E-state index is 11.4. The van der Waals surface area contributed by atoms with E-state index in [1.807, 2.05) is 6.92 Å². The number of sulfonamides is 1. The van der Waals surface area contributed by atoms with Crippen LogP contribution in [0.5, 0.6) is 0 Å². The Morgan fingerprint density at radius 3 is 2.50 bits per heavy atom. The van der Waals surface area contributed by atoms with Crippen LogP contribution in [0.1, 0.15) is 26.2 Å². The maximum Gasteiger partial charge on any atom is 0.214 e. The average molecular weight is 256 g/mol. The summed E-state index contributed by atoms with van der Waals surface area (Å²) in [5.41, 5.74) is 0. The molecule has 72 valence electrons. The standard InChI is InChI=1S/C7H14BrNO2S/c1-2-6(5-8)9-12(10,11)7-3-4-7/h6-7,9H,2-5H2,1H3. The summed E-state index contributed by atoms with van der Waals surface area (Å²) in [5, 5.41) is 0.584. The van der Waals surface area contributed by atoms with Crippen molar-refractivity contribution >= 4 is 26.0 Å². The lowest BCUT2D eigenvalue weighted by molar-refractivity contribution is 0.557. The van der Waals surface area contributed by atoms with E-state index in [0.717, 1.165) is 19.3 Å². The van der Waals surface area contributed by atoms with Crippen LogP contribution in [0.2, 0.25) is 0 Å². The van der Waals surface area contributed by atoms with Gasteiger partial charge in [0.05, 0.1) is 5.25 Å². The van der Waals surface area contributed by atoms with Crippen molar-refractivity contribution in [3.63, 3.8) is 0 Å². The van der Waals surface area contributed by atoms with Crippen molar-refractivity contribution in [2.75, 3.05) is 5.33 Å². The highest BCUT2D eigenvalue weighted by Gasteiger charge is 2.36. The molecule has 0 aromatic heterocycles. The van der Waals surface area contributed by atoms with Crippen molar-refractivity contribution in [3.8, 4) is 0 Å². The molecule has 0 heterocycles. The molecule has 1 saturated carbocycles. The van der Waals surface area contributed by atoms with Gasteiger partial charge in [-0.05, 0) is 19.3 Å². The minimum Gasteiger partial charge on any atom is -0.212 e. The Labute approximate surface area is 82.1 Å². The highest BCUT2D eigenvalue weighted by Crippen LogP contribution is 2.27. The predicted molar refractivity (Wildman–Crippen MR) is 53.0 cm³/mol. The molecule has 5 heteroatoms. The molecule has 12 heavy (non-hydrogen) atoms. The van der Waals surface area contributed by atoms with Gasteiger partial charge in [-0.15, -0.1) is 0 Å². The minimum absolute atomic E-state index is 0.0515. The Morgan fingerprint density at radius 1 is 1.58 bits per heavy atom. The third kappa shape index (κ3) is 2.71. The van der Waals surface area contributed by atoms with Gasteiger partial charge in [-0.25, -0.2) is 13.1 Å². The number of alkyl halides is 1. The van der Waals surface area contributed by atoms with Gasteiger partial charge < -0.3 is 0 Å². The van der Waals surface area contributed by atoms with Crippen molar-refractivity contribution < 1.29 is 8.42 Å². The van der Waals surface area contributed by atoms with E-state index in [1.165, 1.54) is 0 Å². The number of nitrogens with one attached hydrogen (secondary N) is 1. The first-order valence-electron chi connectivity index (χ1n) is 4.17. The van der Waals surface area contributed by atoms with Crippen LogP contribution < -0.4 is 4.72 Å². The second kappa shape index (κ2) is 4.07. The molecule has 1 unspecified atom stereocenters. The zero-order valence-electron chi connectivity index (χ0n) is 7.09. The average Bonchev–Trinajstić information content (AvgIpc) is 2.82. The summed E-state index contributed by atoms with van der Waals surface area (Å²) in [4.78, 5) is 0. The summed E-state index contributed by atoms with van der Waals surface area (Å²) >= 11 is 3.27. The van der Waals surface area contributed by atoms with Crippen molar-refractivity contribution in [3.05, 3.63) is 0 Å². The molecular weight excluding hydrogens is 242 g/mol. The SMILES string of the molecule is CCC(CBr)NS(=O)(=O)C1CC1. The summed E-state index contributed by atoms with van der Waals surface area (Å²) in [6.45, 7) is 1.97. The lowest BCUT2D eigenvalue weighted by Crippen LogP contribution is -2.37. The van der Waals surface area contributed by atoms with Gasteiger partial charge in [-0.2, -0.15) is 0 Å². The summed E-state index contributed by atoms with van der Waals surface area (Å²) in [7, 11) is -2.99. The molecule has 0 aromatic carbocycles. The lowest BCUT2D eigenvalue weighted by Gasteiger charge is -2.13. The number of hydrogen-bond acceptors (Lipinski definition) is 2. The van der Waals surface area contributed by atoms with Gasteiger partial charge in [0.15, 0.2) is 0 Å². The summed E-state index contributed by atoms with van der Waals surface area (Å²) in [6, 6.07) is 0.0515. The van der Waals surface area contributed by atoms with Gasteiger partial charge in [0.1, 0.15) is 0 Å². The van der Waals surface area contributed by atoms with E-state index in [1.54, 1.807) is 0 Å². The van der Waals surface area contributed by atoms with Gasteiger partial charge in [-0.1, -0.05) is 22.9 Å². The van der Waals surface area contributed by atoms with Crippen LogP contribution in [0, 0.1) is 0 Å². The van der Waals surface area contributed by atoms with Gasteiger partial charge in [0.2, 0.25) is 10.0 Å². The maximum absolute atomic E-state index is 11.4. The van der Waals surface area contributed by atoms with Crippen LogP contribution in [0.3, 0.4) is 0 Å². The first-order chi connectivity index (χ1) is 5.60. The molecule has 3 nitrogen and oxygen atoms in total. The summed E-state index contributed by atoms with van der Waals surface area (Å²) in [6.07, 6.45) is 2.49. The molecule has 0 saturated heterocycles. The van der Waals surface area contributed by atoms with Gasteiger partial charge in [0, 0.05) is 11.4 Å². The van der Waals surface area contributed by atoms with Crippen LogP contribution in [-0.4, -0.2) is 25.0 Å². The second-order valence-corrected chi connectivity index (χ2v) is 5.76. The largest absolute Gasteiger partial charge is 0.214 e. The van der Waals surface area contributed by atoms with E-state index in [2.05, 4.69) is 20.7 Å². The number of hydrogen-bond donors (Lipinski definition) is 1. The molecule has 0 radical (unpaired) electrons. The quantitative estimate of drug-likeness (QED) is 0.752.